The normalized spacial score (nSPS) is 15.2. The van der Waals surface area contributed by atoms with Crippen molar-refractivity contribution in [1.29, 1.82) is 0 Å². The van der Waals surface area contributed by atoms with E-state index in [0.717, 1.165) is 0 Å². The summed E-state index contributed by atoms with van der Waals surface area (Å²) in [6, 6.07) is 0. The number of ether oxygens (including phenoxy) is 2. The Labute approximate surface area is 80.0 Å². The van der Waals surface area contributed by atoms with E-state index in [0.29, 0.717) is 12.2 Å². The smallest absolute Gasteiger partial charge is 0.437 e. The van der Waals surface area contributed by atoms with Crippen LogP contribution < -0.4 is 0 Å². The highest BCUT2D eigenvalue weighted by atomic mass is 16.7. The van der Waals surface area contributed by atoms with Gasteiger partial charge in [0, 0.05) is 18.9 Å². The zero-order valence-electron chi connectivity index (χ0n) is 7.56. The van der Waals surface area contributed by atoms with Crippen LogP contribution in [-0.4, -0.2) is 18.2 Å². The molecule has 0 radical (unpaired) electrons. The van der Waals surface area contributed by atoms with Crippen molar-refractivity contribution in [2.75, 3.05) is 7.11 Å². The van der Waals surface area contributed by atoms with Gasteiger partial charge in [-0.3, -0.25) is 10.1 Å². The maximum atomic E-state index is 10.7. The quantitative estimate of drug-likeness (QED) is 0.383. The first kappa shape index (κ1) is 10.2. The first-order valence-corrected chi connectivity index (χ1v) is 3.93. The van der Waals surface area contributed by atoms with Gasteiger partial charge in [0.05, 0.1) is 12.0 Å². The van der Waals surface area contributed by atoms with E-state index in [9.17, 15) is 14.9 Å². The number of allylic oxidation sites excluding steroid dienone is 4. The summed E-state index contributed by atoms with van der Waals surface area (Å²) in [5.41, 5.74) is 0.113. The first-order chi connectivity index (χ1) is 6.63. The first-order valence-electron chi connectivity index (χ1n) is 3.93. The average Bonchev–Trinajstić information content (AvgIpc) is 2.18. The van der Waals surface area contributed by atoms with Crippen molar-refractivity contribution in [3.8, 4) is 0 Å². The summed E-state index contributed by atoms with van der Waals surface area (Å²) in [4.78, 5) is 20.5. The van der Waals surface area contributed by atoms with Crippen LogP contribution in [0.1, 0.15) is 12.8 Å². The zero-order chi connectivity index (χ0) is 10.6. The molecule has 0 spiro atoms. The SMILES string of the molecule is COC(=O)OC1=CC=C([N+](=O)[O-])CC1. The number of hydrogen-bond donors (Lipinski definition) is 0. The van der Waals surface area contributed by atoms with Gasteiger partial charge in [-0.1, -0.05) is 0 Å². The van der Waals surface area contributed by atoms with E-state index in [4.69, 9.17) is 4.74 Å². The third-order valence-corrected chi connectivity index (χ3v) is 1.70. The maximum Gasteiger partial charge on any atom is 0.513 e. The van der Waals surface area contributed by atoms with E-state index in [2.05, 4.69) is 4.74 Å². The number of nitro groups is 1. The number of carbonyl (C=O) groups excluding carboxylic acids is 1. The lowest BCUT2D eigenvalue weighted by molar-refractivity contribution is -0.428. The lowest BCUT2D eigenvalue weighted by atomic mass is 10.1. The molecule has 0 aliphatic heterocycles. The van der Waals surface area contributed by atoms with Crippen molar-refractivity contribution in [3.05, 3.63) is 33.7 Å². The van der Waals surface area contributed by atoms with Gasteiger partial charge in [-0.25, -0.2) is 4.79 Å². The topological polar surface area (TPSA) is 78.7 Å². The molecule has 0 saturated heterocycles. The van der Waals surface area contributed by atoms with Gasteiger partial charge < -0.3 is 9.47 Å². The maximum absolute atomic E-state index is 10.7. The number of carbonyl (C=O) groups is 1. The van der Waals surface area contributed by atoms with Crippen LogP contribution in [0.4, 0.5) is 4.79 Å². The Hall–Kier alpha value is -1.85. The minimum Gasteiger partial charge on any atom is -0.437 e. The van der Waals surface area contributed by atoms with E-state index in [-0.39, 0.29) is 12.1 Å². The van der Waals surface area contributed by atoms with E-state index in [1.54, 1.807) is 0 Å². The molecule has 0 bridgehead atoms. The molecule has 0 saturated carbocycles. The Morgan fingerprint density at radius 2 is 2.21 bits per heavy atom. The minimum absolute atomic E-state index is 0.113. The molecule has 0 aromatic rings. The lowest BCUT2D eigenvalue weighted by Crippen LogP contribution is -2.08. The van der Waals surface area contributed by atoms with E-state index in [1.165, 1.54) is 19.3 Å². The van der Waals surface area contributed by atoms with E-state index < -0.39 is 11.1 Å². The second-order valence-corrected chi connectivity index (χ2v) is 2.60. The monoisotopic (exact) mass is 199 g/mol. The lowest BCUT2D eigenvalue weighted by Gasteiger charge is -2.08. The Kier molecular flexibility index (Phi) is 3.22. The highest BCUT2D eigenvalue weighted by Crippen LogP contribution is 2.19. The summed E-state index contributed by atoms with van der Waals surface area (Å²) in [5.74, 6) is 0.377. The number of nitrogens with zero attached hydrogens (tertiary/aromatic N) is 1. The molecule has 76 valence electrons. The molecule has 1 rings (SSSR count). The molecule has 0 aromatic heterocycles. The van der Waals surface area contributed by atoms with Gasteiger partial charge >= 0.3 is 6.16 Å². The van der Waals surface area contributed by atoms with Gasteiger partial charge in [-0.05, 0) is 6.08 Å². The molecule has 0 fully saturated rings. The molecule has 6 nitrogen and oxygen atoms in total. The average molecular weight is 199 g/mol. The van der Waals surface area contributed by atoms with E-state index >= 15 is 0 Å². The molecule has 0 heterocycles. The summed E-state index contributed by atoms with van der Waals surface area (Å²) in [5, 5.41) is 10.3. The molecule has 1 aliphatic carbocycles. The fourth-order valence-electron chi connectivity index (χ4n) is 0.993. The summed E-state index contributed by atoms with van der Waals surface area (Å²) in [7, 11) is 1.20. The van der Waals surface area contributed by atoms with Gasteiger partial charge in [0.1, 0.15) is 5.76 Å². The van der Waals surface area contributed by atoms with Crippen LogP contribution >= 0.6 is 0 Å². The van der Waals surface area contributed by atoms with Gasteiger partial charge in [0.2, 0.25) is 5.70 Å². The molecule has 0 aromatic carbocycles. The van der Waals surface area contributed by atoms with Gasteiger partial charge in [0.25, 0.3) is 0 Å². The second-order valence-electron chi connectivity index (χ2n) is 2.60. The van der Waals surface area contributed by atoms with Crippen LogP contribution in [0.15, 0.2) is 23.6 Å². The molecule has 14 heavy (non-hydrogen) atoms. The minimum atomic E-state index is -0.811. The van der Waals surface area contributed by atoms with Crippen LogP contribution in [0.5, 0.6) is 0 Å². The molecule has 1 aliphatic rings. The number of rotatable bonds is 2. The summed E-state index contributed by atoms with van der Waals surface area (Å²) in [6.45, 7) is 0. The third kappa shape index (κ3) is 2.58. The van der Waals surface area contributed by atoms with Gasteiger partial charge in [-0.15, -0.1) is 0 Å². The fourth-order valence-corrected chi connectivity index (χ4v) is 0.993. The van der Waals surface area contributed by atoms with Crippen molar-refractivity contribution in [2.24, 2.45) is 0 Å². The summed E-state index contributed by atoms with van der Waals surface area (Å²) < 4.78 is 8.97. The molecule has 0 N–H and O–H groups in total. The second kappa shape index (κ2) is 4.40. The Balaban J connectivity index is 2.60. The Morgan fingerprint density at radius 3 is 2.64 bits per heavy atom. The predicted molar refractivity (Wildman–Crippen MR) is 45.9 cm³/mol. The van der Waals surface area contributed by atoms with Crippen molar-refractivity contribution in [2.45, 2.75) is 12.8 Å². The Morgan fingerprint density at radius 1 is 1.50 bits per heavy atom. The molecule has 0 amide bonds. The van der Waals surface area contributed by atoms with Crippen LogP contribution in [0, 0.1) is 10.1 Å². The standard InChI is InChI=1S/C8H9NO5/c1-13-8(10)14-7-4-2-6(3-5-7)9(11)12/h2,4H,3,5H2,1H3. The molecule has 6 heteroatoms. The van der Waals surface area contributed by atoms with Crippen LogP contribution in [0.25, 0.3) is 0 Å². The van der Waals surface area contributed by atoms with Crippen LogP contribution in [0.2, 0.25) is 0 Å². The van der Waals surface area contributed by atoms with Gasteiger partial charge in [-0.2, -0.15) is 0 Å². The van der Waals surface area contributed by atoms with Crippen molar-refractivity contribution >= 4 is 6.16 Å². The fraction of sp³-hybridized carbons (Fsp3) is 0.375. The summed E-state index contributed by atoms with van der Waals surface area (Å²) in [6.07, 6.45) is 2.51. The van der Waals surface area contributed by atoms with Crippen molar-refractivity contribution in [1.82, 2.24) is 0 Å². The highest BCUT2D eigenvalue weighted by molar-refractivity contribution is 5.61. The van der Waals surface area contributed by atoms with Gasteiger partial charge in [0.15, 0.2) is 0 Å². The molecule has 0 atom stereocenters. The number of methoxy groups -OCH3 is 1. The molecular weight excluding hydrogens is 190 g/mol. The zero-order valence-corrected chi connectivity index (χ0v) is 7.56. The largest absolute Gasteiger partial charge is 0.513 e. The summed E-state index contributed by atoms with van der Waals surface area (Å²) >= 11 is 0. The predicted octanol–water partition coefficient (Wildman–Crippen LogP) is 1.61. The number of hydrogen-bond acceptors (Lipinski definition) is 5. The highest BCUT2D eigenvalue weighted by Gasteiger charge is 2.17. The molecular formula is C8H9NO5. The molecule has 0 unspecified atom stereocenters. The van der Waals surface area contributed by atoms with E-state index in [1.807, 2.05) is 0 Å². The Bertz CT molecular complexity index is 318. The van der Waals surface area contributed by atoms with Crippen LogP contribution in [-0.2, 0) is 9.47 Å². The van der Waals surface area contributed by atoms with Crippen molar-refractivity contribution in [3.63, 3.8) is 0 Å². The van der Waals surface area contributed by atoms with Crippen LogP contribution in [0.3, 0.4) is 0 Å². The van der Waals surface area contributed by atoms with Crippen molar-refractivity contribution < 1.29 is 19.2 Å². The third-order valence-electron chi connectivity index (χ3n) is 1.70.